The molecule has 92 valence electrons. The van der Waals surface area contributed by atoms with E-state index >= 15 is 0 Å². The monoisotopic (exact) mass is 234 g/mol. The normalized spacial score (nSPS) is 11.8. The van der Waals surface area contributed by atoms with Crippen molar-refractivity contribution in [2.24, 2.45) is 0 Å². The highest BCUT2D eigenvalue weighted by Crippen LogP contribution is 2.17. The molecular weight excluding hydrogens is 216 g/mol. The van der Waals surface area contributed by atoms with Crippen LogP contribution in [0.25, 0.3) is 0 Å². The first-order chi connectivity index (χ1) is 8.31. The van der Waals surface area contributed by atoms with Crippen LogP contribution in [-0.2, 0) is 0 Å². The molecule has 2 N–H and O–H groups in total. The van der Waals surface area contributed by atoms with E-state index in [1.54, 1.807) is 0 Å². The molecule has 0 amide bonds. The highest BCUT2D eigenvalue weighted by molar-refractivity contribution is 5.31. The number of aliphatic hydroxyl groups excluding tert-OH is 1. The number of nitrogens with one attached hydrogen (secondary N) is 1. The summed E-state index contributed by atoms with van der Waals surface area (Å²) in [7, 11) is 0. The molecule has 1 aromatic rings. The molecule has 4 heteroatoms. The van der Waals surface area contributed by atoms with Crippen molar-refractivity contribution in [1.29, 1.82) is 5.26 Å². The molecule has 1 unspecified atom stereocenters. The summed E-state index contributed by atoms with van der Waals surface area (Å²) in [5.74, 6) is 0.809. The van der Waals surface area contributed by atoms with Gasteiger partial charge in [-0.2, -0.15) is 5.26 Å². The van der Waals surface area contributed by atoms with Crippen molar-refractivity contribution in [3.8, 4) is 11.8 Å². The van der Waals surface area contributed by atoms with E-state index in [9.17, 15) is 0 Å². The molecule has 0 saturated heterocycles. The minimum atomic E-state index is -0.336. The molecule has 0 bridgehead atoms. The summed E-state index contributed by atoms with van der Waals surface area (Å²) in [5, 5.41) is 20.8. The standard InChI is InChI=1S/C13H18N2O2/c1-2-17-12-6-4-11(5-7-12)13(10-14)15-8-3-9-16/h4-7,13,15-16H,2-3,8-9H2,1H3. The van der Waals surface area contributed by atoms with Gasteiger partial charge >= 0.3 is 0 Å². The number of hydrogen-bond donors (Lipinski definition) is 2. The van der Waals surface area contributed by atoms with Gasteiger partial charge in [-0.25, -0.2) is 0 Å². The van der Waals surface area contributed by atoms with Crippen molar-refractivity contribution in [3.05, 3.63) is 29.8 Å². The Morgan fingerprint density at radius 2 is 2.12 bits per heavy atom. The van der Waals surface area contributed by atoms with E-state index in [2.05, 4.69) is 11.4 Å². The summed E-state index contributed by atoms with van der Waals surface area (Å²) >= 11 is 0. The zero-order valence-electron chi connectivity index (χ0n) is 10.0. The summed E-state index contributed by atoms with van der Waals surface area (Å²) in [6, 6.07) is 9.33. The topological polar surface area (TPSA) is 65.3 Å². The molecule has 17 heavy (non-hydrogen) atoms. The van der Waals surface area contributed by atoms with E-state index in [1.807, 2.05) is 31.2 Å². The van der Waals surface area contributed by atoms with E-state index in [0.29, 0.717) is 19.6 Å². The van der Waals surface area contributed by atoms with Gasteiger partial charge in [-0.1, -0.05) is 12.1 Å². The lowest BCUT2D eigenvalue weighted by Crippen LogP contribution is -2.21. The van der Waals surface area contributed by atoms with Crippen molar-refractivity contribution in [3.63, 3.8) is 0 Å². The minimum Gasteiger partial charge on any atom is -0.494 e. The average molecular weight is 234 g/mol. The number of rotatable bonds is 7. The molecule has 0 aliphatic rings. The molecule has 0 aliphatic carbocycles. The first-order valence-electron chi connectivity index (χ1n) is 5.78. The molecule has 1 aromatic carbocycles. The number of aliphatic hydroxyl groups is 1. The Morgan fingerprint density at radius 1 is 1.41 bits per heavy atom. The summed E-state index contributed by atoms with van der Waals surface area (Å²) in [6.45, 7) is 3.33. The van der Waals surface area contributed by atoms with Crippen LogP contribution in [0.15, 0.2) is 24.3 Å². The lowest BCUT2D eigenvalue weighted by molar-refractivity contribution is 0.285. The van der Waals surface area contributed by atoms with Gasteiger partial charge in [0.2, 0.25) is 0 Å². The molecule has 0 heterocycles. The molecule has 0 fully saturated rings. The van der Waals surface area contributed by atoms with Gasteiger partial charge in [-0.05, 0) is 37.6 Å². The molecule has 4 nitrogen and oxygen atoms in total. The fourth-order valence-corrected chi connectivity index (χ4v) is 1.49. The van der Waals surface area contributed by atoms with Crippen molar-refractivity contribution in [1.82, 2.24) is 5.32 Å². The SMILES string of the molecule is CCOc1ccc(C(C#N)NCCCO)cc1. The van der Waals surface area contributed by atoms with Gasteiger partial charge < -0.3 is 9.84 Å². The summed E-state index contributed by atoms with van der Waals surface area (Å²) in [5.41, 5.74) is 0.911. The van der Waals surface area contributed by atoms with Crippen LogP contribution in [0.4, 0.5) is 0 Å². The molecule has 0 aliphatic heterocycles. The van der Waals surface area contributed by atoms with Gasteiger partial charge in [-0.15, -0.1) is 0 Å². The number of ether oxygens (including phenoxy) is 1. The first-order valence-corrected chi connectivity index (χ1v) is 5.78. The second-order valence-electron chi connectivity index (χ2n) is 3.60. The van der Waals surface area contributed by atoms with Crippen LogP contribution >= 0.6 is 0 Å². The van der Waals surface area contributed by atoms with Crippen LogP contribution < -0.4 is 10.1 Å². The number of nitriles is 1. The third-order valence-electron chi connectivity index (χ3n) is 2.34. The van der Waals surface area contributed by atoms with Gasteiger partial charge in [0.15, 0.2) is 0 Å². The largest absolute Gasteiger partial charge is 0.494 e. The van der Waals surface area contributed by atoms with Crippen molar-refractivity contribution in [2.45, 2.75) is 19.4 Å². The quantitative estimate of drug-likeness (QED) is 0.704. The Balaban J connectivity index is 2.59. The molecular formula is C13H18N2O2. The lowest BCUT2D eigenvalue weighted by atomic mass is 10.1. The second kappa shape index (κ2) is 7.66. The van der Waals surface area contributed by atoms with Crippen molar-refractivity contribution < 1.29 is 9.84 Å². The molecule has 0 radical (unpaired) electrons. The van der Waals surface area contributed by atoms with Gasteiger partial charge in [0.1, 0.15) is 11.8 Å². The second-order valence-corrected chi connectivity index (χ2v) is 3.60. The van der Waals surface area contributed by atoms with Crippen LogP contribution in [0, 0.1) is 11.3 Å². The Kier molecular flexibility index (Phi) is 6.08. The van der Waals surface area contributed by atoms with E-state index < -0.39 is 0 Å². The average Bonchev–Trinajstić information content (AvgIpc) is 2.36. The van der Waals surface area contributed by atoms with Crippen LogP contribution in [0.1, 0.15) is 24.9 Å². The van der Waals surface area contributed by atoms with E-state index in [0.717, 1.165) is 11.3 Å². The Morgan fingerprint density at radius 3 is 2.65 bits per heavy atom. The van der Waals surface area contributed by atoms with Crippen molar-refractivity contribution >= 4 is 0 Å². The van der Waals surface area contributed by atoms with Crippen LogP contribution in [0.5, 0.6) is 5.75 Å². The van der Waals surface area contributed by atoms with E-state index in [1.165, 1.54) is 0 Å². The fourth-order valence-electron chi connectivity index (χ4n) is 1.49. The highest BCUT2D eigenvalue weighted by Gasteiger charge is 2.08. The van der Waals surface area contributed by atoms with Crippen LogP contribution in [0.2, 0.25) is 0 Å². The summed E-state index contributed by atoms with van der Waals surface area (Å²) in [6.07, 6.45) is 0.648. The summed E-state index contributed by atoms with van der Waals surface area (Å²) in [4.78, 5) is 0. The zero-order chi connectivity index (χ0) is 12.5. The van der Waals surface area contributed by atoms with Gasteiger partial charge in [-0.3, -0.25) is 5.32 Å². The zero-order valence-corrected chi connectivity index (χ0v) is 10.0. The molecule has 0 saturated carbocycles. The van der Waals surface area contributed by atoms with Gasteiger partial charge in [0.25, 0.3) is 0 Å². The minimum absolute atomic E-state index is 0.133. The highest BCUT2D eigenvalue weighted by atomic mass is 16.5. The third kappa shape index (κ3) is 4.43. The molecule has 1 rings (SSSR count). The maximum atomic E-state index is 9.05. The number of nitrogens with zero attached hydrogens (tertiary/aromatic N) is 1. The van der Waals surface area contributed by atoms with Gasteiger partial charge in [0, 0.05) is 6.61 Å². The first kappa shape index (κ1) is 13.5. The molecule has 1 atom stereocenters. The smallest absolute Gasteiger partial charge is 0.121 e. The maximum Gasteiger partial charge on any atom is 0.121 e. The van der Waals surface area contributed by atoms with Crippen LogP contribution in [0.3, 0.4) is 0 Å². The fraction of sp³-hybridized carbons (Fsp3) is 0.462. The van der Waals surface area contributed by atoms with E-state index in [-0.39, 0.29) is 12.6 Å². The third-order valence-corrected chi connectivity index (χ3v) is 2.34. The number of benzene rings is 1. The van der Waals surface area contributed by atoms with Gasteiger partial charge in [0.05, 0.1) is 12.7 Å². The molecule has 0 aromatic heterocycles. The Hall–Kier alpha value is -1.57. The Bertz CT molecular complexity index is 357. The lowest BCUT2D eigenvalue weighted by Gasteiger charge is -2.12. The summed E-state index contributed by atoms with van der Waals surface area (Å²) < 4.78 is 5.34. The molecule has 0 spiro atoms. The number of hydrogen-bond acceptors (Lipinski definition) is 4. The Labute approximate surface area is 102 Å². The van der Waals surface area contributed by atoms with Crippen LogP contribution in [-0.4, -0.2) is 24.9 Å². The van der Waals surface area contributed by atoms with Crippen molar-refractivity contribution in [2.75, 3.05) is 19.8 Å². The maximum absolute atomic E-state index is 9.05. The van der Waals surface area contributed by atoms with E-state index in [4.69, 9.17) is 15.1 Å². The predicted octanol–water partition coefficient (Wildman–Crippen LogP) is 1.62. The predicted molar refractivity (Wildman–Crippen MR) is 65.7 cm³/mol.